The van der Waals surface area contributed by atoms with Crippen LogP contribution >= 0.6 is 12.2 Å². The van der Waals surface area contributed by atoms with Gasteiger partial charge in [0.05, 0.1) is 12.6 Å². The summed E-state index contributed by atoms with van der Waals surface area (Å²) in [7, 11) is 0. The van der Waals surface area contributed by atoms with E-state index >= 15 is 0 Å². The molecular formula is C20H21F2N3O7S. The first kappa shape index (κ1) is 23.2. The number of nitrogens with zero attached hydrogens (tertiary/aromatic N) is 1. The lowest BCUT2D eigenvalue weighted by Gasteiger charge is -2.28. The van der Waals surface area contributed by atoms with E-state index in [-0.39, 0.29) is 31.5 Å². The zero-order chi connectivity index (χ0) is 23.9. The number of imidazole rings is 1. The molecule has 0 amide bonds. The molecule has 2 aromatic rings. The van der Waals surface area contributed by atoms with Gasteiger partial charge in [-0.2, -0.15) is 0 Å². The van der Waals surface area contributed by atoms with Gasteiger partial charge in [0.15, 0.2) is 28.2 Å². The predicted molar refractivity (Wildman–Crippen MR) is 110 cm³/mol. The maximum absolute atomic E-state index is 13.9. The Morgan fingerprint density at radius 3 is 2.85 bits per heavy atom. The lowest BCUT2D eigenvalue weighted by atomic mass is 10.0. The molecule has 0 bridgehead atoms. The van der Waals surface area contributed by atoms with E-state index in [4.69, 9.17) is 26.8 Å². The maximum Gasteiger partial charge on any atom is 0.375 e. The Morgan fingerprint density at radius 1 is 1.39 bits per heavy atom. The van der Waals surface area contributed by atoms with Crippen LogP contribution in [0.3, 0.4) is 0 Å². The van der Waals surface area contributed by atoms with E-state index < -0.39 is 41.0 Å². The third kappa shape index (κ3) is 4.31. The number of aromatic amines is 1. The summed E-state index contributed by atoms with van der Waals surface area (Å²) in [5, 5.41) is 41.7. The second-order valence-corrected chi connectivity index (χ2v) is 8.18. The fourth-order valence-electron chi connectivity index (χ4n) is 3.99. The van der Waals surface area contributed by atoms with E-state index in [2.05, 4.69) is 10.3 Å². The molecule has 2 aliphatic rings. The summed E-state index contributed by atoms with van der Waals surface area (Å²) < 4.78 is 40.1. The summed E-state index contributed by atoms with van der Waals surface area (Å²) in [5.74, 6) is -7.27. The summed E-state index contributed by atoms with van der Waals surface area (Å²) in [6.45, 7) is 0.00503. The van der Waals surface area contributed by atoms with Crippen molar-refractivity contribution in [1.29, 1.82) is 0 Å². The highest BCUT2D eigenvalue weighted by Crippen LogP contribution is 2.34. The SMILES string of the molecule is O=C(O)C1=C(O)C(O)C(O)(CNCCc2c[nH]c(=S)n2[C@H]2COc3c(F)cc(F)cc3C2)O1. The van der Waals surface area contributed by atoms with Gasteiger partial charge in [0.2, 0.25) is 5.76 Å². The predicted octanol–water partition coefficient (Wildman–Crippen LogP) is 1.07. The van der Waals surface area contributed by atoms with Crippen LogP contribution in [0.5, 0.6) is 5.75 Å². The Balaban J connectivity index is 1.40. The highest BCUT2D eigenvalue weighted by Gasteiger charge is 2.50. The zero-order valence-electron chi connectivity index (χ0n) is 17.0. The van der Waals surface area contributed by atoms with E-state index in [1.807, 2.05) is 0 Å². The normalized spacial score (nSPS) is 24.4. The van der Waals surface area contributed by atoms with Crippen molar-refractivity contribution >= 4 is 18.2 Å². The van der Waals surface area contributed by atoms with Crippen LogP contribution in [0.2, 0.25) is 0 Å². The molecular weight excluding hydrogens is 464 g/mol. The lowest BCUT2D eigenvalue weighted by Crippen LogP contribution is -2.50. The average Bonchev–Trinajstić information content (AvgIpc) is 3.23. The second kappa shape index (κ2) is 8.74. The molecule has 13 heteroatoms. The number of aromatic nitrogens is 2. The summed E-state index contributed by atoms with van der Waals surface area (Å²) >= 11 is 5.35. The smallest absolute Gasteiger partial charge is 0.375 e. The fourth-order valence-corrected chi connectivity index (χ4v) is 4.31. The van der Waals surface area contributed by atoms with Crippen LogP contribution in [0.25, 0.3) is 0 Å². The number of aliphatic hydroxyl groups is 3. The standard InChI is InChI=1S/C20H21F2N3O7S/c21-10-3-9-4-12(7-31-15(9)13(22)5-10)25-11(6-24-19(25)33)1-2-23-8-20(30)17(27)14(26)16(32-20)18(28)29/h3,5-6,12,17,23,26-27,30H,1-2,4,7-8H2,(H,24,33)(H,28,29)/t12-,17?,20?/m1/s1. The van der Waals surface area contributed by atoms with E-state index in [9.17, 15) is 28.9 Å². The molecule has 3 atom stereocenters. The van der Waals surface area contributed by atoms with E-state index in [0.717, 1.165) is 11.8 Å². The van der Waals surface area contributed by atoms with Gasteiger partial charge in [0, 0.05) is 42.9 Å². The van der Waals surface area contributed by atoms with Gasteiger partial charge in [0.25, 0.3) is 5.79 Å². The minimum atomic E-state index is -2.34. The molecule has 4 rings (SSSR count). The number of aliphatic hydroxyl groups excluding tert-OH is 2. The molecule has 1 aromatic heterocycles. The van der Waals surface area contributed by atoms with Gasteiger partial charge < -0.3 is 44.8 Å². The van der Waals surface area contributed by atoms with Crippen molar-refractivity contribution < 1.29 is 43.5 Å². The molecule has 0 radical (unpaired) electrons. The number of nitrogens with one attached hydrogen (secondary N) is 2. The summed E-state index contributed by atoms with van der Waals surface area (Å²) in [4.78, 5) is 13.9. The number of carboxylic acid groups (broad SMARTS) is 1. The quantitative estimate of drug-likeness (QED) is 0.250. The third-order valence-corrected chi connectivity index (χ3v) is 5.86. The number of halogens is 2. The minimum Gasteiger partial charge on any atom is -0.506 e. The van der Waals surface area contributed by atoms with Crippen molar-refractivity contribution in [3.8, 4) is 5.75 Å². The Hall–Kier alpha value is -3.00. The molecule has 3 heterocycles. The Bertz CT molecular complexity index is 1180. The highest BCUT2D eigenvalue weighted by molar-refractivity contribution is 7.71. The van der Waals surface area contributed by atoms with Gasteiger partial charge in [0.1, 0.15) is 12.4 Å². The first-order valence-corrected chi connectivity index (χ1v) is 10.4. The average molecular weight is 485 g/mol. The number of hydrogen-bond acceptors (Lipinski definition) is 8. The van der Waals surface area contributed by atoms with Crippen molar-refractivity contribution in [1.82, 2.24) is 14.9 Å². The molecule has 2 unspecified atom stereocenters. The molecule has 0 aliphatic carbocycles. The molecule has 0 fully saturated rings. The largest absolute Gasteiger partial charge is 0.506 e. The minimum absolute atomic E-state index is 0.0267. The Morgan fingerprint density at radius 2 is 2.15 bits per heavy atom. The maximum atomic E-state index is 13.9. The summed E-state index contributed by atoms with van der Waals surface area (Å²) in [6, 6.07) is 1.69. The van der Waals surface area contributed by atoms with E-state index in [1.54, 1.807) is 10.8 Å². The highest BCUT2D eigenvalue weighted by atomic mass is 32.1. The van der Waals surface area contributed by atoms with Crippen LogP contribution in [0.4, 0.5) is 8.78 Å². The number of benzene rings is 1. The van der Waals surface area contributed by atoms with Crippen molar-refractivity contribution in [3.63, 3.8) is 0 Å². The van der Waals surface area contributed by atoms with Gasteiger partial charge in [-0.15, -0.1) is 0 Å². The Labute approximate surface area is 190 Å². The number of H-pyrrole nitrogens is 1. The number of hydrogen-bond donors (Lipinski definition) is 6. The first-order chi connectivity index (χ1) is 15.6. The number of carboxylic acids is 1. The number of rotatable bonds is 7. The molecule has 33 heavy (non-hydrogen) atoms. The van der Waals surface area contributed by atoms with Gasteiger partial charge in [-0.25, -0.2) is 13.6 Å². The van der Waals surface area contributed by atoms with Crippen molar-refractivity contribution in [2.45, 2.75) is 30.8 Å². The molecule has 0 saturated carbocycles. The molecule has 0 spiro atoms. The van der Waals surface area contributed by atoms with Gasteiger partial charge in [-0.1, -0.05) is 0 Å². The van der Waals surface area contributed by atoms with Crippen LogP contribution in [0, 0.1) is 16.4 Å². The topological polar surface area (TPSA) is 149 Å². The monoisotopic (exact) mass is 485 g/mol. The van der Waals surface area contributed by atoms with Crippen LogP contribution in [-0.4, -0.2) is 67.5 Å². The van der Waals surface area contributed by atoms with Crippen molar-refractivity contribution in [3.05, 3.63) is 57.5 Å². The number of carbonyl (C=O) groups is 1. The first-order valence-electron chi connectivity index (χ1n) is 9.97. The molecule has 10 nitrogen and oxygen atoms in total. The van der Waals surface area contributed by atoms with E-state index in [0.29, 0.717) is 23.2 Å². The number of aliphatic carboxylic acids is 1. The van der Waals surface area contributed by atoms with Crippen LogP contribution in [0.1, 0.15) is 17.3 Å². The molecule has 178 valence electrons. The van der Waals surface area contributed by atoms with Gasteiger partial charge in [-0.3, -0.25) is 0 Å². The zero-order valence-corrected chi connectivity index (χ0v) is 17.9. The number of fused-ring (bicyclic) bond motifs is 1. The van der Waals surface area contributed by atoms with Crippen LogP contribution < -0.4 is 10.1 Å². The summed E-state index contributed by atoms with van der Waals surface area (Å²) in [5.41, 5.74) is 1.14. The summed E-state index contributed by atoms with van der Waals surface area (Å²) in [6.07, 6.45) is 0.440. The molecule has 6 N–H and O–H groups in total. The lowest BCUT2D eigenvalue weighted by molar-refractivity contribution is -0.208. The second-order valence-electron chi connectivity index (χ2n) is 7.80. The fraction of sp³-hybridized carbons (Fsp3) is 0.400. The third-order valence-electron chi connectivity index (χ3n) is 5.54. The molecule has 0 saturated heterocycles. The van der Waals surface area contributed by atoms with Gasteiger partial charge in [-0.05, 0) is 18.3 Å². The molecule has 2 aliphatic heterocycles. The van der Waals surface area contributed by atoms with Crippen LogP contribution in [-0.2, 0) is 22.4 Å². The molecule has 1 aromatic carbocycles. The van der Waals surface area contributed by atoms with E-state index in [1.165, 1.54) is 6.07 Å². The number of ether oxygens (including phenoxy) is 2. The van der Waals surface area contributed by atoms with Crippen molar-refractivity contribution in [2.75, 3.05) is 19.7 Å². The van der Waals surface area contributed by atoms with Gasteiger partial charge >= 0.3 is 5.97 Å². The Kier molecular flexibility index (Phi) is 6.14. The van der Waals surface area contributed by atoms with Crippen LogP contribution in [0.15, 0.2) is 29.8 Å². The van der Waals surface area contributed by atoms with Crippen molar-refractivity contribution in [2.24, 2.45) is 0 Å².